The molecule has 12 rings (SSSR count). The first-order valence-electron chi connectivity index (χ1n) is 33.9. The lowest BCUT2D eigenvalue weighted by Gasteiger charge is -2.41. The Labute approximate surface area is 637 Å². The summed E-state index contributed by atoms with van der Waals surface area (Å²) in [5, 5.41) is 35.2. The fourth-order valence-corrected chi connectivity index (χ4v) is 16.7. The van der Waals surface area contributed by atoms with Crippen LogP contribution in [0.5, 0.6) is 0 Å². The van der Waals surface area contributed by atoms with Gasteiger partial charge in [0.05, 0.1) is 95.5 Å². The molecule has 37 heteroatoms. The number of Topliss-reactive ketones (excluding diaryl/α,β-unsaturated/α-hetero) is 3. The van der Waals surface area contributed by atoms with Crippen molar-refractivity contribution < 1.29 is 99.3 Å². The summed E-state index contributed by atoms with van der Waals surface area (Å²) in [5.74, 6) is -1.67. The molecule has 26 nitrogen and oxygen atoms in total. The summed E-state index contributed by atoms with van der Waals surface area (Å²) >= 11 is 0. The average molecular weight is 1610 g/mol. The Morgan fingerprint density at radius 1 is 0.509 bits per heavy atom. The Kier molecular flexibility index (Phi) is 23.8. The van der Waals surface area contributed by atoms with E-state index in [0.29, 0.717) is 9.80 Å². The van der Waals surface area contributed by atoms with Gasteiger partial charge in [0.2, 0.25) is 0 Å². The summed E-state index contributed by atoms with van der Waals surface area (Å²) in [4.78, 5) is 125. The minimum Gasteiger partial charge on any atom is -0.341 e. The Balaban J connectivity index is 0.000000178. The number of allylic oxidation sites excluding steroid dienone is 3. The van der Waals surface area contributed by atoms with Crippen molar-refractivity contribution in [1.29, 1.82) is 15.8 Å². The van der Waals surface area contributed by atoms with Gasteiger partial charge in [0.25, 0.3) is 6.43 Å². The minimum absolute atomic E-state index is 0.00927. The van der Waals surface area contributed by atoms with Gasteiger partial charge in [0, 0.05) is 96.2 Å². The van der Waals surface area contributed by atoms with E-state index in [0.717, 1.165) is 80.5 Å². The summed E-state index contributed by atoms with van der Waals surface area (Å²) in [7, 11) is -8.40. The van der Waals surface area contributed by atoms with Crippen LogP contribution in [0.15, 0.2) is 176 Å². The third-order valence-corrected chi connectivity index (χ3v) is 22.6. The van der Waals surface area contributed by atoms with Crippen LogP contribution in [0, 0.1) is 34.0 Å². The minimum atomic E-state index is -4.72. The first-order valence-corrected chi connectivity index (χ1v) is 39.0. The van der Waals surface area contributed by atoms with Gasteiger partial charge in [-0.1, -0.05) is 49.4 Å². The molecule has 3 aliphatic heterocycles. The van der Waals surface area contributed by atoms with Gasteiger partial charge in [-0.05, 0) is 135 Å². The number of anilines is 3. The SMILES string of the molecule is CCNC(=O)N1C(=O)N(c2cccc(C(F)(F)F)c2)C2=C(C(=O)CC2)C1c1ccc(C#N)cc1S(=O)(=O)CC.CCNC(=O)N1C(=O)N(c2cccc(C(F)(F)F)c2)C2=C(C(=O)CC2)C1c1ccc(C#N)cc1S(C)=O.CNC(=O)N1C(=O)N(c2cccc(C(F)F)c2)C2=C(C(=O)CC2)C1c1ccc(C#N)cc1S(C)(=O)=O. The van der Waals surface area contributed by atoms with Crippen molar-refractivity contribution in [3.05, 3.63) is 211 Å². The van der Waals surface area contributed by atoms with Crippen molar-refractivity contribution in [2.24, 2.45) is 0 Å². The zero-order chi connectivity index (χ0) is 82.1. The molecule has 0 bridgehead atoms. The topological polar surface area (TPSA) is 366 Å². The molecule has 582 valence electrons. The zero-order valence-corrected chi connectivity index (χ0v) is 62.2. The Bertz CT molecular complexity index is 5510. The highest BCUT2D eigenvalue weighted by Crippen LogP contribution is 2.51. The maximum absolute atomic E-state index is 14.0. The molecule has 6 aliphatic rings. The second kappa shape index (κ2) is 32.4. The molecule has 0 fully saturated rings. The van der Waals surface area contributed by atoms with Gasteiger partial charge < -0.3 is 16.0 Å². The molecular formula is C75H64F8N12O14S3. The van der Waals surface area contributed by atoms with Crippen LogP contribution in [0.2, 0.25) is 0 Å². The van der Waals surface area contributed by atoms with Crippen LogP contribution in [0.1, 0.15) is 134 Å². The van der Waals surface area contributed by atoms with Crippen LogP contribution in [0.25, 0.3) is 0 Å². The van der Waals surface area contributed by atoms with Crippen LogP contribution in [-0.2, 0) is 57.2 Å². The van der Waals surface area contributed by atoms with Gasteiger partial charge in [0.15, 0.2) is 37.0 Å². The molecule has 0 aromatic heterocycles. The molecular weight excluding hydrogens is 1540 g/mol. The van der Waals surface area contributed by atoms with Crippen LogP contribution in [0.3, 0.4) is 0 Å². The van der Waals surface area contributed by atoms with Gasteiger partial charge in [0.1, 0.15) is 12.1 Å². The van der Waals surface area contributed by atoms with Crippen molar-refractivity contribution in [3.8, 4) is 18.2 Å². The summed E-state index contributed by atoms with van der Waals surface area (Å²) in [6.07, 6.45) is -9.94. The van der Waals surface area contributed by atoms with Crippen molar-refractivity contribution >= 4 is 101 Å². The van der Waals surface area contributed by atoms with E-state index in [-0.39, 0.29) is 162 Å². The number of sulfone groups is 2. The van der Waals surface area contributed by atoms with E-state index in [1.165, 1.54) is 93.0 Å². The lowest BCUT2D eigenvalue weighted by Crippen LogP contribution is -2.55. The first-order chi connectivity index (χ1) is 52.8. The first kappa shape index (κ1) is 82.2. The van der Waals surface area contributed by atoms with Crippen LogP contribution in [0.4, 0.5) is 81.0 Å². The summed E-state index contributed by atoms with van der Waals surface area (Å²) < 4.78 is 172. The van der Waals surface area contributed by atoms with Crippen LogP contribution < -0.4 is 30.7 Å². The van der Waals surface area contributed by atoms with E-state index in [1.54, 1.807) is 13.8 Å². The number of nitriles is 3. The third kappa shape index (κ3) is 15.8. The number of imide groups is 3. The summed E-state index contributed by atoms with van der Waals surface area (Å²) in [6, 6.07) is 20.5. The van der Waals surface area contributed by atoms with Crippen molar-refractivity contribution in [2.75, 3.05) is 53.1 Å². The highest BCUT2D eigenvalue weighted by Gasteiger charge is 2.54. The predicted octanol–water partition coefficient (Wildman–Crippen LogP) is 13.2. The molecule has 3 heterocycles. The number of urea groups is 6. The molecule has 6 aromatic rings. The molecule has 112 heavy (non-hydrogen) atoms. The Morgan fingerprint density at radius 2 is 0.866 bits per heavy atom. The summed E-state index contributed by atoms with van der Waals surface area (Å²) in [6.45, 7) is 4.76. The maximum atomic E-state index is 14.0. The van der Waals surface area contributed by atoms with Crippen LogP contribution >= 0.6 is 0 Å². The number of nitrogens with one attached hydrogen (secondary N) is 3. The highest BCUT2D eigenvalue weighted by atomic mass is 32.2. The average Bonchev–Trinajstić information content (AvgIpc) is 1.49. The second-order valence-electron chi connectivity index (χ2n) is 25.5. The number of hydrogen-bond donors (Lipinski definition) is 3. The number of alkyl halides is 8. The van der Waals surface area contributed by atoms with Gasteiger partial charge >= 0.3 is 48.5 Å². The standard InChI is InChI=1S/C26H23F3N4O5S.C25H21F3N4O4S.C24H20F2N4O5S/c1-3-31-24(35)33-23(18-9-8-15(14-30)12-21(18)39(37,38)4-2)22-19(10-11-20(22)34)32(25(33)36)17-7-5-6-16(13-17)26(27,28)29;1-3-30-23(34)32-22(17-8-7-14(13-29)11-20(17)37(2)36)21-18(9-10-19(21)33)31(24(32)35)16-6-4-5-15(12-16)25(26,27)28;1-28-23(32)30-21(16-7-6-13(12-27)10-19(16)36(2,34)35)20-17(8-9-18(20)31)29(24(30)33)15-5-3-4-14(11-15)22(25)26/h5-9,12-13,23H,3-4,10-11H2,1-2H3,(H,31,35);4-8,11-12,22H,3,9-10H2,1-2H3,(H,30,34);3-7,10-11,21-22H,8-9H2,1-2H3,(H,28,32). The molecule has 3 aliphatic carbocycles. The Hall–Kier alpha value is -12.3. The molecule has 4 atom stereocenters. The fourth-order valence-electron chi connectivity index (χ4n) is 13.8. The van der Waals surface area contributed by atoms with Gasteiger partial charge in [-0.25, -0.2) is 69.1 Å². The van der Waals surface area contributed by atoms with Crippen LogP contribution in [-0.4, -0.2) is 128 Å². The van der Waals surface area contributed by atoms with E-state index in [9.17, 15) is 115 Å². The van der Waals surface area contributed by atoms with Crippen molar-refractivity contribution in [1.82, 2.24) is 30.7 Å². The van der Waals surface area contributed by atoms with E-state index in [1.807, 2.05) is 18.2 Å². The van der Waals surface area contributed by atoms with E-state index in [2.05, 4.69) is 16.0 Å². The number of benzene rings is 6. The van der Waals surface area contributed by atoms with Gasteiger partial charge in [-0.15, -0.1) is 0 Å². The fraction of sp³-hybridized carbons (Fsp3) is 0.280. The summed E-state index contributed by atoms with van der Waals surface area (Å²) in [5.41, 5.74) is -1.89. The number of hydrogen-bond acceptors (Lipinski definition) is 17. The molecule has 3 N–H and O–H groups in total. The number of rotatable bonds is 13. The zero-order valence-electron chi connectivity index (χ0n) is 59.8. The maximum Gasteiger partial charge on any atom is 0.416 e. The smallest absolute Gasteiger partial charge is 0.341 e. The number of halogens is 8. The highest BCUT2D eigenvalue weighted by molar-refractivity contribution is 7.91. The monoisotopic (exact) mass is 1600 g/mol. The number of nitrogens with zero attached hydrogens (tertiary/aromatic N) is 9. The molecule has 0 saturated carbocycles. The molecule has 0 saturated heterocycles. The number of carbonyl (C=O) groups excluding carboxylic acids is 9. The Morgan fingerprint density at radius 3 is 1.22 bits per heavy atom. The largest absolute Gasteiger partial charge is 0.416 e. The van der Waals surface area contributed by atoms with E-state index in [4.69, 9.17) is 0 Å². The lowest BCUT2D eigenvalue weighted by molar-refractivity contribution is -0.138. The molecule has 0 radical (unpaired) electrons. The third-order valence-electron chi connectivity index (χ3n) is 18.7. The van der Waals surface area contributed by atoms with Gasteiger partial charge in [-0.3, -0.25) is 33.3 Å². The molecule has 12 amide bonds. The lowest BCUT2D eigenvalue weighted by atomic mass is 9.92. The van der Waals surface area contributed by atoms with E-state index >= 15 is 0 Å². The normalized spacial score (nSPS) is 18.1. The van der Waals surface area contributed by atoms with Crippen molar-refractivity contribution in [3.63, 3.8) is 0 Å². The number of carbonyl (C=O) groups is 9. The van der Waals surface area contributed by atoms with Gasteiger partial charge in [-0.2, -0.15) is 42.1 Å². The quantitative estimate of drug-likeness (QED) is 0.0904. The molecule has 4 unspecified atom stereocenters. The molecule has 0 spiro atoms. The second-order valence-corrected chi connectivity index (χ2v) is 31.0. The number of amides is 12. The molecule has 6 aromatic carbocycles. The number of ketones is 3. The predicted molar refractivity (Wildman–Crippen MR) is 385 cm³/mol. The van der Waals surface area contributed by atoms with E-state index < -0.39 is 132 Å². The van der Waals surface area contributed by atoms with Crippen molar-refractivity contribution in [2.45, 2.75) is 111 Å².